The molecular formula is C17H27N. The zero-order chi connectivity index (χ0) is 13.2. The molecule has 0 aromatic heterocycles. The van der Waals surface area contributed by atoms with Crippen molar-refractivity contribution in [2.75, 3.05) is 6.54 Å². The highest BCUT2D eigenvalue weighted by Crippen LogP contribution is 2.41. The molecule has 0 radical (unpaired) electrons. The van der Waals surface area contributed by atoms with Crippen LogP contribution in [0.3, 0.4) is 0 Å². The third-order valence-corrected chi connectivity index (χ3v) is 4.48. The summed E-state index contributed by atoms with van der Waals surface area (Å²) in [5, 5.41) is 0. The molecule has 0 heterocycles. The van der Waals surface area contributed by atoms with Crippen molar-refractivity contribution >= 4 is 0 Å². The molecule has 100 valence electrons. The van der Waals surface area contributed by atoms with Gasteiger partial charge in [0.1, 0.15) is 0 Å². The van der Waals surface area contributed by atoms with Crippen LogP contribution in [0.25, 0.3) is 0 Å². The number of benzene rings is 1. The first-order valence-corrected chi connectivity index (χ1v) is 7.30. The molecule has 1 aromatic rings. The minimum atomic E-state index is 0.359. The van der Waals surface area contributed by atoms with Gasteiger partial charge in [-0.3, -0.25) is 0 Å². The quantitative estimate of drug-likeness (QED) is 0.855. The topological polar surface area (TPSA) is 26.0 Å². The fourth-order valence-electron chi connectivity index (χ4n) is 3.79. The maximum Gasteiger partial charge on any atom is -0.00172 e. The number of aryl methyl sites for hydroxylation is 2. The van der Waals surface area contributed by atoms with Crippen LogP contribution in [0.5, 0.6) is 0 Å². The second-order valence-electron chi connectivity index (χ2n) is 6.58. The molecule has 1 fully saturated rings. The Balaban J connectivity index is 2.18. The lowest BCUT2D eigenvalue weighted by atomic mass is 9.67. The Morgan fingerprint density at radius 3 is 2.44 bits per heavy atom. The van der Waals surface area contributed by atoms with E-state index in [1.807, 2.05) is 0 Å². The number of rotatable bonds is 3. The van der Waals surface area contributed by atoms with E-state index in [1.165, 1.54) is 42.4 Å². The molecule has 0 saturated heterocycles. The van der Waals surface area contributed by atoms with Crippen molar-refractivity contribution < 1.29 is 0 Å². The van der Waals surface area contributed by atoms with Crippen molar-refractivity contribution in [1.82, 2.24) is 0 Å². The average molecular weight is 245 g/mol. The highest BCUT2D eigenvalue weighted by atomic mass is 14.6. The summed E-state index contributed by atoms with van der Waals surface area (Å²) in [6.45, 7) is 7.60. The van der Waals surface area contributed by atoms with E-state index in [0.717, 1.165) is 18.9 Å². The molecule has 0 amide bonds. The molecule has 1 saturated carbocycles. The molecule has 18 heavy (non-hydrogen) atoms. The molecule has 2 N–H and O–H groups in total. The summed E-state index contributed by atoms with van der Waals surface area (Å²) in [7, 11) is 0. The van der Waals surface area contributed by atoms with Gasteiger partial charge in [0.25, 0.3) is 0 Å². The van der Waals surface area contributed by atoms with Crippen molar-refractivity contribution in [3.05, 3.63) is 34.9 Å². The molecular weight excluding hydrogens is 218 g/mol. The van der Waals surface area contributed by atoms with E-state index in [9.17, 15) is 0 Å². The SMILES string of the molecule is Cc1cc(C)cc(CC2(CN)CCCC(C)C2)c1. The monoisotopic (exact) mass is 245 g/mol. The van der Waals surface area contributed by atoms with Crippen molar-refractivity contribution in [3.8, 4) is 0 Å². The second kappa shape index (κ2) is 5.44. The third-order valence-electron chi connectivity index (χ3n) is 4.48. The summed E-state index contributed by atoms with van der Waals surface area (Å²) in [5.74, 6) is 0.841. The fourth-order valence-corrected chi connectivity index (χ4v) is 3.79. The molecule has 0 spiro atoms. The lowest BCUT2D eigenvalue weighted by molar-refractivity contribution is 0.154. The van der Waals surface area contributed by atoms with Gasteiger partial charge in [0, 0.05) is 0 Å². The smallest absolute Gasteiger partial charge is 0.00172 e. The van der Waals surface area contributed by atoms with E-state index in [4.69, 9.17) is 5.73 Å². The van der Waals surface area contributed by atoms with E-state index in [0.29, 0.717) is 5.41 Å². The average Bonchev–Trinajstić information content (AvgIpc) is 2.27. The largest absolute Gasteiger partial charge is 0.330 e. The molecule has 1 aromatic carbocycles. The minimum absolute atomic E-state index is 0.359. The van der Waals surface area contributed by atoms with Crippen LogP contribution in [0.15, 0.2) is 18.2 Å². The van der Waals surface area contributed by atoms with Gasteiger partial charge in [-0.25, -0.2) is 0 Å². The van der Waals surface area contributed by atoms with Gasteiger partial charge >= 0.3 is 0 Å². The first-order chi connectivity index (χ1) is 8.53. The highest BCUT2D eigenvalue weighted by Gasteiger charge is 2.33. The number of hydrogen-bond acceptors (Lipinski definition) is 1. The van der Waals surface area contributed by atoms with Crippen LogP contribution in [0, 0.1) is 25.2 Å². The van der Waals surface area contributed by atoms with Crippen LogP contribution in [-0.4, -0.2) is 6.54 Å². The standard InChI is InChI=1S/C17H27N/c1-13-5-4-6-17(10-13,12-18)11-16-8-14(2)7-15(3)9-16/h7-9,13H,4-6,10-12,18H2,1-3H3. The van der Waals surface area contributed by atoms with Crippen LogP contribution in [0.1, 0.15) is 49.3 Å². The van der Waals surface area contributed by atoms with Gasteiger partial charge in [0.15, 0.2) is 0 Å². The van der Waals surface area contributed by atoms with Crippen LogP contribution >= 0.6 is 0 Å². The van der Waals surface area contributed by atoms with E-state index >= 15 is 0 Å². The predicted octanol–water partition coefficient (Wildman–Crippen LogP) is 4.00. The lowest BCUT2D eigenvalue weighted by Gasteiger charge is -2.39. The van der Waals surface area contributed by atoms with Gasteiger partial charge in [0.05, 0.1) is 0 Å². The minimum Gasteiger partial charge on any atom is -0.330 e. The van der Waals surface area contributed by atoms with E-state index in [-0.39, 0.29) is 0 Å². The van der Waals surface area contributed by atoms with Crippen LogP contribution in [-0.2, 0) is 6.42 Å². The molecule has 2 atom stereocenters. The van der Waals surface area contributed by atoms with Crippen molar-refractivity contribution in [2.24, 2.45) is 17.1 Å². The van der Waals surface area contributed by atoms with Gasteiger partial charge in [-0.2, -0.15) is 0 Å². The van der Waals surface area contributed by atoms with Crippen molar-refractivity contribution in [1.29, 1.82) is 0 Å². The Morgan fingerprint density at radius 1 is 1.22 bits per heavy atom. The first-order valence-electron chi connectivity index (χ1n) is 7.30. The summed E-state index contributed by atoms with van der Waals surface area (Å²) >= 11 is 0. The van der Waals surface area contributed by atoms with Gasteiger partial charge in [-0.15, -0.1) is 0 Å². The van der Waals surface area contributed by atoms with Crippen molar-refractivity contribution in [3.63, 3.8) is 0 Å². The molecule has 0 aliphatic heterocycles. The Hall–Kier alpha value is -0.820. The molecule has 0 bridgehead atoms. The predicted molar refractivity (Wildman–Crippen MR) is 78.7 cm³/mol. The van der Waals surface area contributed by atoms with E-state index < -0.39 is 0 Å². The number of hydrogen-bond donors (Lipinski definition) is 1. The van der Waals surface area contributed by atoms with Crippen molar-refractivity contribution in [2.45, 2.75) is 52.9 Å². The molecule has 2 rings (SSSR count). The molecule has 2 unspecified atom stereocenters. The van der Waals surface area contributed by atoms with Crippen LogP contribution < -0.4 is 5.73 Å². The molecule has 1 nitrogen and oxygen atoms in total. The van der Waals surface area contributed by atoms with Gasteiger partial charge in [-0.1, -0.05) is 49.1 Å². The summed E-state index contributed by atoms with van der Waals surface area (Å²) in [4.78, 5) is 0. The lowest BCUT2D eigenvalue weighted by Crippen LogP contribution is -2.37. The van der Waals surface area contributed by atoms with Crippen LogP contribution in [0.2, 0.25) is 0 Å². The molecule has 1 heteroatoms. The fraction of sp³-hybridized carbons (Fsp3) is 0.647. The Kier molecular flexibility index (Phi) is 4.11. The summed E-state index contributed by atoms with van der Waals surface area (Å²) in [6, 6.07) is 6.93. The first kappa shape index (κ1) is 13.6. The normalized spacial score (nSPS) is 28.3. The summed E-state index contributed by atoms with van der Waals surface area (Å²) in [6.07, 6.45) is 6.51. The zero-order valence-electron chi connectivity index (χ0n) is 12.1. The Bertz CT molecular complexity index is 390. The summed E-state index contributed by atoms with van der Waals surface area (Å²) in [5.41, 5.74) is 10.7. The maximum absolute atomic E-state index is 6.12. The molecule has 1 aliphatic rings. The molecule has 1 aliphatic carbocycles. The highest BCUT2D eigenvalue weighted by molar-refractivity contribution is 5.29. The van der Waals surface area contributed by atoms with Gasteiger partial charge in [0.2, 0.25) is 0 Å². The van der Waals surface area contributed by atoms with Crippen LogP contribution in [0.4, 0.5) is 0 Å². The van der Waals surface area contributed by atoms with Gasteiger partial charge < -0.3 is 5.73 Å². The maximum atomic E-state index is 6.12. The second-order valence-corrected chi connectivity index (χ2v) is 6.58. The summed E-state index contributed by atoms with van der Waals surface area (Å²) < 4.78 is 0. The van der Waals surface area contributed by atoms with E-state index in [1.54, 1.807) is 0 Å². The Morgan fingerprint density at radius 2 is 1.89 bits per heavy atom. The number of nitrogens with two attached hydrogens (primary N) is 1. The van der Waals surface area contributed by atoms with Gasteiger partial charge in [-0.05, 0) is 56.6 Å². The van der Waals surface area contributed by atoms with E-state index in [2.05, 4.69) is 39.0 Å². The Labute approximate surface area is 112 Å². The zero-order valence-corrected chi connectivity index (χ0v) is 12.1. The third kappa shape index (κ3) is 3.14.